The van der Waals surface area contributed by atoms with Gasteiger partial charge in [-0.25, -0.2) is 4.79 Å². The van der Waals surface area contributed by atoms with E-state index in [1.54, 1.807) is 0 Å². The molecule has 3 amide bonds. The molecule has 0 bridgehead atoms. The first-order valence-electron chi connectivity index (χ1n) is 9.35. The van der Waals surface area contributed by atoms with Gasteiger partial charge in [0.1, 0.15) is 12.1 Å². The van der Waals surface area contributed by atoms with Gasteiger partial charge in [0.15, 0.2) is 5.96 Å². The lowest BCUT2D eigenvalue weighted by Gasteiger charge is -2.18. The van der Waals surface area contributed by atoms with Crippen LogP contribution >= 0.6 is 0 Å². The molecule has 0 spiro atoms. The van der Waals surface area contributed by atoms with Crippen LogP contribution in [0.4, 0.5) is 0 Å². The number of hydrogen-bond acceptors (Lipinski definition) is 6. The van der Waals surface area contributed by atoms with Crippen LogP contribution in [-0.2, 0) is 19.2 Å². The fourth-order valence-corrected chi connectivity index (χ4v) is 2.30. The molecule has 10 N–H and O–H groups in total. The molecule has 0 aromatic carbocycles. The average molecular weight is 415 g/mol. The molecule has 12 nitrogen and oxygen atoms in total. The Morgan fingerprint density at radius 2 is 1.66 bits per heavy atom. The second-order valence-electron chi connectivity index (χ2n) is 7.09. The molecule has 0 aromatic heterocycles. The van der Waals surface area contributed by atoms with Crippen LogP contribution in [-0.4, -0.2) is 66.0 Å². The van der Waals surface area contributed by atoms with Gasteiger partial charge in [-0.15, -0.1) is 0 Å². The first kappa shape index (κ1) is 26.1. The standard InChI is InChI=1S/C17H33N7O5/c1-9(2)7-12(16(28)29)24-13(25)8-22-14(26)10(3)23-15(27)11(18)5-4-6-21-17(19)20/h9-12H,4-8,18H2,1-3H3,(H,22,26)(H,23,27)(H,24,25)(H,28,29)(H4,19,20,21)/t10-,11-,12-/m0/s1. The molecule has 0 aliphatic rings. The highest BCUT2D eigenvalue weighted by Gasteiger charge is 2.23. The van der Waals surface area contributed by atoms with E-state index < -0.39 is 48.4 Å². The lowest BCUT2D eigenvalue weighted by molar-refractivity contribution is -0.142. The predicted octanol–water partition coefficient (Wildman–Crippen LogP) is -2.40. The van der Waals surface area contributed by atoms with E-state index >= 15 is 0 Å². The first-order valence-corrected chi connectivity index (χ1v) is 9.35. The Bertz CT molecular complexity index is 605. The normalized spacial score (nSPS) is 13.7. The van der Waals surface area contributed by atoms with Crippen LogP contribution in [0.5, 0.6) is 0 Å². The summed E-state index contributed by atoms with van der Waals surface area (Å²) in [5.74, 6) is -2.88. The number of carbonyl (C=O) groups is 4. The maximum atomic E-state index is 12.0. The molecule has 0 radical (unpaired) electrons. The van der Waals surface area contributed by atoms with Crippen molar-refractivity contribution in [1.82, 2.24) is 16.0 Å². The first-order chi connectivity index (χ1) is 13.4. The highest BCUT2D eigenvalue weighted by Crippen LogP contribution is 2.04. The quantitative estimate of drug-likeness (QED) is 0.0975. The Balaban J connectivity index is 4.35. The Labute approximate surface area is 170 Å². The van der Waals surface area contributed by atoms with E-state index in [4.69, 9.17) is 22.3 Å². The zero-order valence-corrected chi connectivity index (χ0v) is 17.1. The van der Waals surface area contributed by atoms with Gasteiger partial charge in [0.2, 0.25) is 17.7 Å². The summed E-state index contributed by atoms with van der Waals surface area (Å²) in [6, 6.07) is -2.80. The van der Waals surface area contributed by atoms with Gasteiger partial charge in [-0.2, -0.15) is 0 Å². The van der Waals surface area contributed by atoms with E-state index in [0.717, 1.165) is 0 Å². The summed E-state index contributed by atoms with van der Waals surface area (Å²) in [7, 11) is 0. The number of amides is 3. The second-order valence-corrected chi connectivity index (χ2v) is 7.09. The van der Waals surface area contributed by atoms with Crippen molar-refractivity contribution >= 4 is 29.7 Å². The number of aliphatic imine (C=N–C) groups is 1. The highest BCUT2D eigenvalue weighted by atomic mass is 16.4. The van der Waals surface area contributed by atoms with Crippen molar-refractivity contribution in [2.24, 2.45) is 28.1 Å². The number of rotatable bonds is 13. The number of carboxylic acid groups (broad SMARTS) is 1. The molecule has 29 heavy (non-hydrogen) atoms. The van der Waals surface area contributed by atoms with Gasteiger partial charge in [0.05, 0.1) is 12.6 Å². The van der Waals surface area contributed by atoms with Gasteiger partial charge >= 0.3 is 5.97 Å². The van der Waals surface area contributed by atoms with E-state index in [9.17, 15) is 19.2 Å². The number of carboxylic acids is 1. The number of nitrogens with zero attached hydrogens (tertiary/aromatic N) is 1. The molecule has 0 aliphatic heterocycles. The Morgan fingerprint density at radius 1 is 1.03 bits per heavy atom. The van der Waals surface area contributed by atoms with Crippen molar-refractivity contribution in [2.75, 3.05) is 13.1 Å². The van der Waals surface area contributed by atoms with Crippen molar-refractivity contribution in [3.8, 4) is 0 Å². The summed E-state index contributed by atoms with van der Waals surface area (Å²) >= 11 is 0. The molecule has 166 valence electrons. The maximum Gasteiger partial charge on any atom is 0.326 e. The molecule has 12 heteroatoms. The van der Waals surface area contributed by atoms with E-state index in [1.807, 2.05) is 13.8 Å². The van der Waals surface area contributed by atoms with Crippen LogP contribution in [0.15, 0.2) is 4.99 Å². The summed E-state index contributed by atoms with van der Waals surface area (Å²) in [6.07, 6.45) is 1.09. The fourth-order valence-electron chi connectivity index (χ4n) is 2.30. The highest BCUT2D eigenvalue weighted by molar-refractivity contribution is 5.92. The monoisotopic (exact) mass is 415 g/mol. The molecule has 0 aromatic rings. The van der Waals surface area contributed by atoms with Gasteiger partial charge in [-0.1, -0.05) is 13.8 Å². The van der Waals surface area contributed by atoms with Crippen LogP contribution in [0.1, 0.15) is 40.0 Å². The molecule has 0 unspecified atom stereocenters. The van der Waals surface area contributed by atoms with Crippen molar-refractivity contribution in [3.63, 3.8) is 0 Å². The van der Waals surface area contributed by atoms with E-state index in [0.29, 0.717) is 19.4 Å². The van der Waals surface area contributed by atoms with E-state index in [-0.39, 0.29) is 18.3 Å². The van der Waals surface area contributed by atoms with Crippen molar-refractivity contribution < 1.29 is 24.3 Å². The van der Waals surface area contributed by atoms with Gasteiger partial charge in [-0.05, 0) is 32.1 Å². The zero-order chi connectivity index (χ0) is 22.6. The summed E-state index contributed by atoms with van der Waals surface area (Å²) in [5, 5.41) is 16.3. The molecule has 0 saturated heterocycles. The molecular formula is C17H33N7O5. The average Bonchev–Trinajstić information content (AvgIpc) is 2.61. The van der Waals surface area contributed by atoms with E-state index in [1.165, 1.54) is 6.92 Å². The Morgan fingerprint density at radius 3 is 2.17 bits per heavy atom. The fraction of sp³-hybridized carbons (Fsp3) is 0.706. The minimum Gasteiger partial charge on any atom is -0.480 e. The van der Waals surface area contributed by atoms with Gasteiger partial charge in [-0.3, -0.25) is 19.4 Å². The number of aliphatic carboxylic acids is 1. The molecule has 0 saturated carbocycles. The van der Waals surface area contributed by atoms with Gasteiger partial charge in [0.25, 0.3) is 0 Å². The molecule has 3 atom stereocenters. The van der Waals surface area contributed by atoms with Gasteiger partial charge < -0.3 is 38.3 Å². The SMILES string of the molecule is CC(C)C[C@H](NC(=O)CNC(=O)[C@H](C)NC(=O)[C@@H](N)CCCN=C(N)N)C(=O)O. The van der Waals surface area contributed by atoms with Crippen LogP contribution in [0.3, 0.4) is 0 Å². The number of hydrogen-bond donors (Lipinski definition) is 7. The molecule has 0 fully saturated rings. The molecule has 0 rings (SSSR count). The van der Waals surface area contributed by atoms with Crippen LogP contribution in [0.25, 0.3) is 0 Å². The maximum absolute atomic E-state index is 12.0. The Hall–Kier alpha value is -2.89. The predicted molar refractivity (Wildman–Crippen MR) is 108 cm³/mol. The lowest BCUT2D eigenvalue weighted by Crippen LogP contribution is -2.52. The number of carbonyl (C=O) groups excluding carboxylic acids is 3. The third-order valence-electron chi connectivity index (χ3n) is 3.82. The zero-order valence-electron chi connectivity index (χ0n) is 17.1. The Kier molecular flexibility index (Phi) is 12.0. The minimum atomic E-state index is -1.15. The summed E-state index contributed by atoms with van der Waals surface area (Å²) < 4.78 is 0. The van der Waals surface area contributed by atoms with Crippen molar-refractivity contribution in [2.45, 2.75) is 58.2 Å². The topological polar surface area (TPSA) is 215 Å². The lowest BCUT2D eigenvalue weighted by atomic mass is 10.0. The molecule has 0 heterocycles. The van der Waals surface area contributed by atoms with Crippen LogP contribution in [0.2, 0.25) is 0 Å². The molecular weight excluding hydrogens is 382 g/mol. The van der Waals surface area contributed by atoms with Crippen molar-refractivity contribution in [1.29, 1.82) is 0 Å². The minimum absolute atomic E-state index is 0.0452. The molecule has 0 aliphatic carbocycles. The number of nitrogens with two attached hydrogens (primary N) is 3. The van der Waals surface area contributed by atoms with Crippen molar-refractivity contribution in [3.05, 3.63) is 0 Å². The van der Waals surface area contributed by atoms with Crippen LogP contribution < -0.4 is 33.2 Å². The summed E-state index contributed by atoms with van der Waals surface area (Å²) in [5.41, 5.74) is 16.1. The number of guanidine groups is 1. The largest absolute Gasteiger partial charge is 0.480 e. The number of nitrogens with one attached hydrogen (secondary N) is 3. The van der Waals surface area contributed by atoms with Gasteiger partial charge in [0, 0.05) is 6.54 Å². The third kappa shape index (κ3) is 12.2. The smallest absolute Gasteiger partial charge is 0.326 e. The van der Waals surface area contributed by atoms with E-state index in [2.05, 4.69) is 20.9 Å². The third-order valence-corrected chi connectivity index (χ3v) is 3.82. The summed E-state index contributed by atoms with van der Waals surface area (Å²) in [4.78, 5) is 50.8. The second kappa shape index (κ2) is 13.3. The van der Waals surface area contributed by atoms with Crippen LogP contribution in [0, 0.1) is 5.92 Å². The summed E-state index contributed by atoms with van der Waals surface area (Å²) in [6.45, 7) is 5.03.